The van der Waals surface area contributed by atoms with Crippen molar-refractivity contribution in [1.82, 2.24) is 9.78 Å². The monoisotopic (exact) mass is 296 g/mol. The Bertz CT molecular complexity index is 454. The summed E-state index contributed by atoms with van der Waals surface area (Å²) in [5.41, 5.74) is 0.981. The Morgan fingerprint density at radius 1 is 1.55 bits per heavy atom. The molecule has 1 spiro atoms. The number of aliphatic hydroxyl groups excluding tert-OH is 1. The Balaban J connectivity index is 1.70. The highest BCUT2D eigenvalue weighted by molar-refractivity contribution is 7.99. The van der Waals surface area contributed by atoms with Gasteiger partial charge in [0.05, 0.1) is 17.9 Å². The minimum Gasteiger partial charge on any atom is -0.388 e. The molecule has 2 saturated heterocycles. The average molecular weight is 296 g/mol. The highest BCUT2D eigenvalue weighted by Crippen LogP contribution is 2.43. The molecular formula is C15H24N2O2S. The van der Waals surface area contributed by atoms with Crippen molar-refractivity contribution >= 4 is 11.8 Å². The molecule has 0 saturated carbocycles. The van der Waals surface area contributed by atoms with E-state index in [4.69, 9.17) is 4.74 Å². The van der Waals surface area contributed by atoms with E-state index in [0.717, 1.165) is 37.2 Å². The summed E-state index contributed by atoms with van der Waals surface area (Å²) in [5.74, 6) is 2.57. The number of thioether (sulfide) groups is 1. The minimum absolute atomic E-state index is 0.0304. The van der Waals surface area contributed by atoms with Gasteiger partial charge in [0.25, 0.3) is 0 Å². The molecule has 0 bridgehead atoms. The van der Waals surface area contributed by atoms with Crippen LogP contribution in [0.15, 0.2) is 12.4 Å². The maximum atomic E-state index is 10.7. The highest BCUT2D eigenvalue weighted by Gasteiger charge is 2.42. The number of rotatable bonds is 3. The summed E-state index contributed by atoms with van der Waals surface area (Å²) in [6.45, 7) is 4.98. The van der Waals surface area contributed by atoms with Gasteiger partial charge in [0.1, 0.15) is 0 Å². The van der Waals surface area contributed by atoms with Gasteiger partial charge in [-0.2, -0.15) is 16.9 Å². The van der Waals surface area contributed by atoms with Gasteiger partial charge >= 0.3 is 0 Å². The molecule has 4 nitrogen and oxygen atoms in total. The van der Waals surface area contributed by atoms with Crippen LogP contribution >= 0.6 is 11.8 Å². The molecule has 112 valence electrons. The van der Waals surface area contributed by atoms with Crippen LogP contribution in [0.4, 0.5) is 0 Å². The fraction of sp³-hybridized carbons (Fsp3) is 0.800. The number of aliphatic hydroxyl groups is 1. The molecule has 3 rings (SSSR count). The lowest BCUT2D eigenvalue weighted by molar-refractivity contribution is -0.102. The van der Waals surface area contributed by atoms with Crippen molar-refractivity contribution in [2.75, 3.05) is 18.1 Å². The summed E-state index contributed by atoms with van der Waals surface area (Å²) in [4.78, 5) is 0. The Hall–Kier alpha value is -0.520. The molecule has 0 aromatic carbocycles. The topological polar surface area (TPSA) is 47.3 Å². The largest absolute Gasteiger partial charge is 0.388 e. The Morgan fingerprint density at radius 2 is 2.40 bits per heavy atom. The van der Waals surface area contributed by atoms with Gasteiger partial charge in [0.2, 0.25) is 0 Å². The predicted octanol–water partition coefficient (Wildman–Crippen LogP) is 2.80. The zero-order valence-electron chi connectivity index (χ0n) is 12.3. The molecule has 0 radical (unpaired) electrons. The van der Waals surface area contributed by atoms with Crippen LogP contribution in [0.1, 0.15) is 50.8 Å². The van der Waals surface area contributed by atoms with E-state index in [1.54, 1.807) is 0 Å². The van der Waals surface area contributed by atoms with E-state index < -0.39 is 6.10 Å². The minimum atomic E-state index is -0.408. The first-order chi connectivity index (χ1) is 9.60. The van der Waals surface area contributed by atoms with Crippen molar-refractivity contribution in [3.8, 4) is 0 Å². The Kier molecular flexibility index (Phi) is 4.11. The molecule has 20 heavy (non-hydrogen) atoms. The van der Waals surface area contributed by atoms with Crippen LogP contribution in [-0.4, -0.2) is 38.6 Å². The average Bonchev–Trinajstić information content (AvgIpc) is 3.08. The van der Waals surface area contributed by atoms with Crippen LogP contribution in [0.3, 0.4) is 0 Å². The quantitative estimate of drug-likeness (QED) is 0.932. The summed E-state index contributed by atoms with van der Waals surface area (Å²) in [6.07, 6.45) is 6.45. The van der Waals surface area contributed by atoms with Gasteiger partial charge in [-0.3, -0.25) is 4.68 Å². The molecule has 3 unspecified atom stereocenters. The van der Waals surface area contributed by atoms with E-state index in [2.05, 4.69) is 18.9 Å². The number of ether oxygens (including phenoxy) is 1. The zero-order chi connectivity index (χ0) is 14.2. The molecule has 1 aromatic rings. The van der Waals surface area contributed by atoms with Gasteiger partial charge in [-0.05, 0) is 44.8 Å². The van der Waals surface area contributed by atoms with E-state index >= 15 is 0 Å². The number of aromatic nitrogens is 2. The van der Waals surface area contributed by atoms with Gasteiger partial charge in [0, 0.05) is 30.2 Å². The van der Waals surface area contributed by atoms with Crippen molar-refractivity contribution < 1.29 is 9.84 Å². The third kappa shape index (κ3) is 2.76. The second-order valence-corrected chi connectivity index (χ2v) is 7.48. The summed E-state index contributed by atoms with van der Waals surface area (Å²) in [7, 11) is 0. The molecule has 3 heterocycles. The van der Waals surface area contributed by atoms with Crippen LogP contribution in [-0.2, 0) is 4.74 Å². The standard InChI is InChI=1S/C15H24N2O2S/c1-11(2)17-9-13(8-16-17)14(18)12-3-5-19-15(7-12)4-6-20-10-15/h8-9,11-12,14,18H,3-7,10H2,1-2H3. The molecule has 2 aliphatic rings. The SMILES string of the molecule is CC(C)n1cc(C(O)C2CCOC3(CCSC3)C2)cn1. The van der Waals surface area contributed by atoms with Gasteiger partial charge in [-0.15, -0.1) is 0 Å². The molecule has 5 heteroatoms. The first kappa shape index (κ1) is 14.4. The molecule has 0 amide bonds. The fourth-order valence-corrected chi connectivity index (χ4v) is 4.64. The predicted molar refractivity (Wildman–Crippen MR) is 80.9 cm³/mol. The third-order valence-corrected chi connectivity index (χ3v) is 5.76. The number of nitrogens with zero attached hydrogens (tertiary/aromatic N) is 2. The van der Waals surface area contributed by atoms with Gasteiger partial charge < -0.3 is 9.84 Å². The maximum Gasteiger partial charge on any atom is 0.0850 e. The molecule has 0 aliphatic carbocycles. The molecule has 2 fully saturated rings. The van der Waals surface area contributed by atoms with Crippen molar-refractivity contribution in [3.63, 3.8) is 0 Å². The van der Waals surface area contributed by atoms with Crippen LogP contribution in [0, 0.1) is 5.92 Å². The summed E-state index contributed by atoms with van der Waals surface area (Å²) < 4.78 is 7.95. The first-order valence-corrected chi connectivity index (χ1v) is 8.69. The van der Waals surface area contributed by atoms with E-state index in [1.165, 1.54) is 5.75 Å². The maximum absolute atomic E-state index is 10.7. The molecular weight excluding hydrogens is 272 g/mol. The Labute approximate surface area is 124 Å². The van der Waals surface area contributed by atoms with E-state index in [1.807, 2.05) is 28.8 Å². The van der Waals surface area contributed by atoms with E-state index in [0.29, 0.717) is 12.0 Å². The molecule has 1 aromatic heterocycles. The van der Waals surface area contributed by atoms with Gasteiger partial charge in [-0.1, -0.05) is 0 Å². The lowest BCUT2D eigenvalue weighted by atomic mass is 9.81. The van der Waals surface area contributed by atoms with Crippen LogP contribution in [0.25, 0.3) is 0 Å². The molecule has 2 aliphatic heterocycles. The summed E-state index contributed by atoms with van der Waals surface area (Å²) >= 11 is 1.97. The normalized spacial score (nSPS) is 32.1. The van der Waals surface area contributed by atoms with Crippen molar-refractivity contribution in [2.45, 2.75) is 50.9 Å². The summed E-state index contributed by atoms with van der Waals surface area (Å²) in [6, 6.07) is 0.336. The highest BCUT2D eigenvalue weighted by atomic mass is 32.2. The second kappa shape index (κ2) is 5.70. The number of hydrogen-bond donors (Lipinski definition) is 1. The lowest BCUT2D eigenvalue weighted by Crippen LogP contribution is -2.41. The first-order valence-electron chi connectivity index (χ1n) is 7.53. The zero-order valence-corrected chi connectivity index (χ0v) is 13.1. The lowest BCUT2D eigenvalue weighted by Gasteiger charge is -2.39. The second-order valence-electron chi connectivity index (χ2n) is 6.38. The number of hydrogen-bond acceptors (Lipinski definition) is 4. The van der Waals surface area contributed by atoms with Gasteiger partial charge in [-0.25, -0.2) is 0 Å². The Morgan fingerprint density at radius 3 is 3.05 bits per heavy atom. The fourth-order valence-electron chi connectivity index (χ4n) is 3.26. The van der Waals surface area contributed by atoms with Crippen molar-refractivity contribution in [3.05, 3.63) is 18.0 Å². The molecule has 1 N–H and O–H groups in total. The van der Waals surface area contributed by atoms with Crippen LogP contribution < -0.4 is 0 Å². The van der Waals surface area contributed by atoms with Crippen LogP contribution in [0.2, 0.25) is 0 Å². The van der Waals surface area contributed by atoms with E-state index in [9.17, 15) is 5.11 Å². The van der Waals surface area contributed by atoms with Crippen molar-refractivity contribution in [1.29, 1.82) is 0 Å². The third-order valence-electron chi connectivity index (χ3n) is 4.54. The van der Waals surface area contributed by atoms with Crippen LogP contribution in [0.5, 0.6) is 0 Å². The van der Waals surface area contributed by atoms with E-state index in [-0.39, 0.29) is 5.60 Å². The molecule has 3 atom stereocenters. The van der Waals surface area contributed by atoms with Crippen molar-refractivity contribution in [2.24, 2.45) is 5.92 Å². The smallest absolute Gasteiger partial charge is 0.0850 e. The van der Waals surface area contributed by atoms with Gasteiger partial charge in [0.15, 0.2) is 0 Å². The summed E-state index contributed by atoms with van der Waals surface area (Å²) in [5, 5.41) is 15.0.